The van der Waals surface area contributed by atoms with Crippen LogP contribution >= 0.6 is 24.8 Å². The van der Waals surface area contributed by atoms with E-state index in [1.54, 1.807) is 0 Å². The summed E-state index contributed by atoms with van der Waals surface area (Å²) in [6.07, 6.45) is 2.08. The molecule has 1 aliphatic heterocycles. The summed E-state index contributed by atoms with van der Waals surface area (Å²) in [6.45, 7) is 12.8. The van der Waals surface area contributed by atoms with E-state index < -0.39 is 0 Å². The highest BCUT2D eigenvalue weighted by atomic mass is 35.5. The third kappa shape index (κ3) is 4.22. The van der Waals surface area contributed by atoms with Crippen molar-refractivity contribution in [3.8, 4) is 0 Å². The van der Waals surface area contributed by atoms with Crippen molar-refractivity contribution in [1.82, 2.24) is 10.2 Å². The zero-order valence-corrected chi connectivity index (χ0v) is 13.3. The van der Waals surface area contributed by atoms with E-state index in [1.165, 1.54) is 16.7 Å². The van der Waals surface area contributed by atoms with E-state index in [0.717, 1.165) is 26.2 Å². The lowest BCUT2D eigenvalue weighted by Crippen LogP contribution is -2.44. The van der Waals surface area contributed by atoms with Gasteiger partial charge in [-0.15, -0.1) is 31.4 Å². The number of hydrogen-bond donors (Lipinski definition) is 1. The Morgan fingerprint density at radius 2 is 1.68 bits per heavy atom. The quantitative estimate of drug-likeness (QED) is 0.862. The molecule has 1 fully saturated rings. The van der Waals surface area contributed by atoms with Gasteiger partial charge in [0.15, 0.2) is 0 Å². The van der Waals surface area contributed by atoms with Gasteiger partial charge in [-0.1, -0.05) is 24.3 Å². The molecule has 0 radical (unpaired) electrons. The number of halogens is 2. The Kier molecular flexibility index (Phi) is 8.35. The van der Waals surface area contributed by atoms with Crippen LogP contribution in [0.2, 0.25) is 0 Å². The molecule has 1 N–H and O–H groups in total. The molecule has 19 heavy (non-hydrogen) atoms. The summed E-state index contributed by atoms with van der Waals surface area (Å²) < 4.78 is 0. The summed E-state index contributed by atoms with van der Waals surface area (Å²) in [7, 11) is 0. The molecule has 0 unspecified atom stereocenters. The first-order valence-corrected chi connectivity index (χ1v) is 6.37. The fraction of sp³-hybridized carbons (Fsp3) is 0.467. The Hall–Kier alpha value is -0.540. The molecule has 1 aromatic rings. The highest BCUT2D eigenvalue weighted by Gasteiger charge is 2.21. The first-order chi connectivity index (χ1) is 8.24. The number of rotatable bonds is 3. The summed E-state index contributed by atoms with van der Waals surface area (Å²) in [6, 6.07) is 6.88. The molecule has 2 rings (SSSR count). The minimum absolute atomic E-state index is 0. The number of nitrogens with zero attached hydrogens (tertiary/aromatic N) is 1. The predicted octanol–water partition coefficient (Wildman–Crippen LogP) is 3.28. The van der Waals surface area contributed by atoms with Gasteiger partial charge in [-0.05, 0) is 30.5 Å². The minimum atomic E-state index is 0. The molecule has 1 heterocycles. The normalized spacial score (nSPS) is 16.9. The van der Waals surface area contributed by atoms with Gasteiger partial charge in [0.2, 0.25) is 0 Å². The molecule has 1 aliphatic rings. The lowest BCUT2D eigenvalue weighted by atomic mass is 9.94. The van der Waals surface area contributed by atoms with E-state index in [4.69, 9.17) is 0 Å². The van der Waals surface area contributed by atoms with Crippen LogP contribution in [-0.2, 0) is 0 Å². The van der Waals surface area contributed by atoms with E-state index in [1.807, 2.05) is 0 Å². The summed E-state index contributed by atoms with van der Waals surface area (Å²) in [5.74, 6) is 0. The summed E-state index contributed by atoms with van der Waals surface area (Å²) in [4.78, 5) is 2.51. The van der Waals surface area contributed by atoms with Gasteiger partial charge in [0.25, 0.3) is 0 Å². The van der Waals surface area contributed by atoms with Crippen LogP contribution < -0.4 is 5.32 Å². The molecule has 1 atom stereocenters. The number of piperazine rings is 1. The molecule has 0 saturated carbocycles. The van der Waals surface area contributed by atoms with Crippen molar-refractivity contribution in [1.29, 1.82) is 0 Å². The molecule has 0 aromatic heterocycles. The first-order valence-electron chi connectivity index (χ1n) is 6.37. The molecule has 108 valence electrons. The maximum atomic E-state index is 4.03. The van der Waals surface area contributed by atoms with Crippen molar-refractivity contribution in [2.24, 2.45) is 0 Å². The number of hydrogen-bond acceptors (Lipinski definition) is 2. The van der Waals surface area contributed by atoms with Crippen LogP contribution in [0.15, 0.2) is 30.9 Å². The number of aryl methyl sites for hydroxylation is 2. The van der Waals surface area contributed by atoms with Crippen LogP contribution in [0, 0.1) is 13.8 Å². The van der Waals surface area contributed by atoms with Crippen LogP contribution in [-0.4, -0.2) is 31.1 Å². The Balaban J connectivity index is 0.00000162. The van der Waals surface area contributed by atoms with Crippen molar-refractivity contribution in [2.75, 3.05) is 26.2 Å². The first kappa shape index (κ1) is 18.5. The topological polar surface area (TPSA) is 15.3 Å². The molecule has 0 spiro atoms. The fourth-order valence-electron chi connectivity index (χ4n) is 2.70. The smallest absolute Gasteiger partial charge is 0.0535 e. The second kappa shape index (κ2) is 8.60. The SMILES string of the molecule is C=C[C@@H](c1c(C)cccc1C)N1CCNCC1.Cl.Cl. The monoisotopic (exact) mass is 302 g/mol. The van der Waals surface area contributed by atoms with Gasteiger partial charge in [0.1, 0.15) is 0 Å². The van der Waals surface area contributed by atoms with Crippen molar-refractivity contribution in [2.45, 2.75) is 19.9 Å². The lowest BCUT2D eigenvalue weighted by molar-refractivity contribution is 0.202. The highest BCUT2D eigenvalue weighted by molar-refractivity contribution is 5.85. The second-order valence-corrected chi connectivity index (χ2v) is 4.77. The zero-order valence-electron chi connectivity index (χ0n) is 11.7. The maximum Gasteiger partial charge on any atom is 0.0535 e. The standard InChI is InChI=1S/C15H22N2.2ClH/c1-4-14(17-10-8-16-9-11-17)15-12(2)6-5-7-13(15)3;;/h4-7,14,16H,1,8-11H2,2-3H3;2*1H/t14-;;/m0../s1. The Labute approximate surface area is 129 Å². The molecule has 0 bridgehead atoms. The van der Waals surface area contributed by atoms with Crippen LogP contribution in [0.25, 0.3) is 0 Å². The van der Waals surface area contributed by atoms with E-state index in [9.17, 15) is 0 Å². The molecule has 1 saturated heterocycles. The largest absolute Gasteiger partial charge is 0.314 e. The van der Waals surface area contributed by atoms with Gasteiger partial charge in [0, 0.05) is 26.2 Å². The van der Waals surface area contributed by atoms with E-state index in [-0.39, 0.29) is 24.8 Å². The fourth-order valence-corrected chi connectivity index (χ4v) is 2.70. The van der Waals surface area contributed by atoms with Crippen LogP contribution in [0.1, 0.15) is 22.7 Å². The van der Waals surface area contributed by atoms with Gasteiger partial charge < -0.3 is 5.32 Å². The summed E-state index contributed by atoms with van der Waals surface area (Å²) in [5, 5.41) is 3.40. The van der Waals surface area contributed by atoms with Crippen molar-refractivity contribution in [3.63, 3.8) is 0 Å². The third-order valence-electron chi connectivity index (χ3n) is 3.61. The predicted molar refractivity (Wildman–Crippen MR) is 87.8 cm³/mol. The van der Waals surface area contributed by atoms with Gasteiger partial charge in [-0.25, -0.2) is 0 Å². The van der Waals surface area contributed by atoms with Gasteiger partial charge in [0.05, 0.1) is 6.04 Å². The van der Waals surface area contributed by atoms with Crippen LogP contribution in [0.3, 0.4) is 0 Å². The molecular formula is C15H24Cl2N2. The van der Waals surface area contributed by atoms with E-state index in [0.29, 0.717) is 6.04 Å². The zero-order chi connectivity index (χ0) is 12.3. The van der Waals surface area contributed by atoms with Gasteiger partial charge in [-0.3, -0.25) is 4.90 Å². The van der Waals surface area contributed by atoms with Gasteiger partial charge >= 0.3 is 0 Å². The molecule has 1 aromatic carbocycles. The molecular weight excluding hydrogens is 279 g/mol. The second-order valence-electron chi connectivity index (χ2n) is 4.77. The van der Waals surface area contributed by atoms with Crippen molar-refractivity contribution < 1.29 is 0 Å². The van der Waals surface area contributed by atoms with Gasteiger partial charge in [-0.2, -0.15) is 0 Å². The minimum Gasteiger partial charge on any atom is -0.314 e. The van der Waals surface area contributed by atoms with E-state index in [2.05, 4.69) is 54.9 Å². The summed E-state index contributed by atoms with van der Waals surface area (Å²) >= 11 is 0. The molecule has 0 amide bonds. The van der Waals surface area contributed by atoms with Crippen LogP contribution in [0.5, 0.6) is 0 Å². The van der Waals surface area contributed by atoms with Crippen molar-refractivity contribution >= 4 is 24.8 Å². The van der Waals surface area contributed by atoms with E-state index >= 15 is 0 Å². The average Bonchev–Trinajstić information content (AvgIpc) is 2.35. The Bertz CT molecular complexity index is 381. The Morgan fingerprint density at radius 1 is 1.16 bits per heavy atom. The number of nitrogens with one attached hydrogen (secondary N) is 1. The molecule has 4 heteroatoms. The van der Waals surface area contributed by atoms with Crippen molar-refractivity contribution in [3.05, 3.63) is 47.5 Å². The average molecular weight is 303 g/mol. The molecule has 2 nitrogen and oxygen atoms in total. The molecule has 0 aliphatic carbocycles. The number of benzene rings is 1. The lowest BCUT2D eigenvalue weighted by Gasteiger charge is -2.34. The third-order valence-corrected chi connectivity index (χ3v) is 3.61. The maximum absolute atomic E-state index is 4.03. The summed E-state index contributed by atoms with van der Waals surface area (Å²) in [5.41, 5.74) is 4.17. The Morgan fingerprint density at radius 3 is 2.16 bits per heavy atom. The highest BCUT2D eigenvalue weighted by Crippen LogP contribution is 2.28. The van der Waals surface area contributed by atoms with Crippen LogP contribution in [0.4, 0.5) is 0 Å².